The van der Waals surface area contributed by atoms with Gasteiger partial charge in [-0.15, -0.1) is 0 Å². The van der Waals surface area contributed by atoms with Crippen LogP contribution in [0.1, 0.15) is 25.5 Å². The maximum Gasteiger partial charge on any atom is 0.343 e. The predicted octanol–water partition coefficient (Wildman–Crippen LogP) is 5.55. The van der Waals surface area contributed by atoms with Crippen LogP contribution in [-0.2, 0) is 14.3 Å². The number of esters is 1. The minimum atomic E-state index is -0.454. The second-order valence-corrected chi connectivity index (χ2v) is 9.41. The molecule has 1 aliphatic rings. The molecular formula is C30H28N6O4. The highest BCUT2D eigenvalue weighted by Gasteiger charge is 2.17. The minimum Gasteiger partial charge on any atom is -0.482 e. The Labute approximate surface area is 231 Å². The van der Waals surface area contributed by atoms with E-state index in [2.05, 4.69) is 32.3 Å². The smallest absolute Gasteiger partial charge is 0.343 e. The van der Waals surface area contributed by atoms with Crippen molar-refractivity contribution in [3.63, 3.8) is 0 Å². The van der Waals surface area contributed by atoms with Crippen molar-refractivity contribution >= 4 is 28.4 Å². The fourth-order valence-electron chi connectivity index (χ4n) is 4.58. The second-order valence-electron chi connectivity index (χ2n) is 9.41. The molecule has 40 heavy (non-hydrogen) atoms. The number of carbonyl (C=O) groups excluding carboxylic acids is 1. The molecule has 1 aliphatic heterocycles. The van der Waals surface area contributed by atoms with Gasteiger partial charge in [0.1, 0.15) is 17.8 Å². The molecule has 202 valence electrons. The van der Waals surface area contributed by atoms with E-state index in [4.69, 9.17) is 19.4 Å². The fraction of sp³-hybridized carbons (Fsp3) is 0.233. The first-order valence-electron chi connectivity index (χ1n) is 13.1. The van der Waals surface area contributed by atoms with E-state index in [1.807, 2.05) is 47.4 Å². The summed E-state index contributed by atoms with van der Waals surface area (Å²) in [6.07, 6.45) is 10.6. The Bertz CT molecular complexity index is 1630. The molecule has 0 aliphatic carbocycles. The van der Waals surface area contributed by atoms with Crippen LogP contribution in [0.4, 0.5) is 11.5 Å². The van der Waals surface area contributed by atoms with Crippen LogP contribution in [0.25, 0.3) is 33.4 Å². The van der Waals surface area contributed by atoms with E-state index in [9.17, 15) is 4.79 Å². The molecule has 1 atom stereocenters. The third-order valence-electron chi connectivity index (χ3n) is 6.71. The zero-order chi connectivity index (χ0) is 27.3. The number of anilines is 2. The van der Waals surface area contributed by atoms with Gasteiger partial charge in [0.15, 0.2) is 12.4 Å². The van der Waals surface area contributed by atoms with Gasteiger partial charge in [-0.1, -0.05) is 24.3 Å². The summed E-state index contributed by atoms with van der Waals surface area (Å²) in [5.74, 6) is 1.21. The SMILES string of the molecule is COC(=O)COc1cccc(-c2nc(Nc3ccc(-c4cnn(C5CCCCO5)c4)cc3)c3cnccc3n2)c1. The highest BCUT2D eigenvalue weighted by atomic mass is 16.6. The largest absolute Gasteiger partial charge is 0.482 e. The molecule has 0 spiro atoms. The fourth-order valence-corrected chi connectivity index (χ4v) is 4.58. The standard InChI is InChI=1S/C30H28N6O4/c1-38-28(37)19-40-24-6-4-5-21(15-24)29-34-26-12-13-31-17-25(26)30(35-29)33-23-10-8-20(9-11-23)22-16-32-36(18-22)27-7-2-3-14-39-27/h4-6,8-13,15-18,27H,2-3,7,14,19H2,1H3,(H,33,34,35). The maximum absolute atomic E-state index is 11.5. The number of ether oxygens (including phenoxy) is 3. The highest BCUT2D eigenvalue weighted by molar-refractivity contribution is 5.91. The van der Waals surface area contributed by atoms with E-state index in [1.54, 1.807) is 24.5 Å². The Morgan fingerprint density at radius 3 is 2.77 bits per heavy atom. The van der Waals surface area contributed by atoms with E-state index in [-0.39, 0.29) is 12.8 Å². The number of hydrogen-bond donors (Lipinski definition) is 1. The first-order valence-corrected chi connectivity index (χ1v) is 13.1. The molecule has 1 N–H and O–H groups in total. The Morgan fingerprint density at radius 1 is 1.05 bits per heavy atom. The van der Waals surface area contributed by atoms with Gasteiger partial charge in [-0.3, -0.25) is 4.98 Å². The van der Waals surface area contributed by atoms with E-state index in [0.717, 1.165) is 59.2 Å². The van der Waals surface area contributed by atoms with Crippen molar-refractivity contribution in [3.8, 4) is 28.3 Å². The van der Waals surface area contributed by atoms with Crippen LogP contribution in [0, 0.1) is 0 Å². The van der Waals surface area contributed by atoms with E-state index in [1.165, 1.54) is 7.11 Å². The van der Waals surface area contributed by atoms with Crippen LogP contribution in [0.15, 0.2) is 79.4 Å². The van der Waals surface area contributed by atoms with Gasteiger partial charge in [-0.05, 0) is 55.2 Å². The van der Waals surface area contributed by atoms with Gasteiger partial charge in [0, 0.05) is 42.0 Å². The summed E-state index contributed by atoms with van der Waals surface area (Å²) in [6, 6.07) is 17.3. The molecule has 2 aromatic carbocycles. The first-order chi connectivity index (χ1) is 19.7. The summed E-state index contributed by atoms with van der Waals surface area (Å²) < 4.78 is 18.0. The average Bonchev–Trinajstić information content (AvgIpc) is 3.51. The van der Waals surface area contributed by atoms with Crippen molar-refractivity contribution in [2.45, 2.75) is 25.5 Å². The summed E-state index contributed by atoms with van der Waals surface area (Å²) >= 11 is 0. The van der Waals surface area contributed by atoms with Gasteiger partial charge < -0.3 is 19.5 Å². The van der Waals surface area contributed by atoms with Crippen molar-refractivity contribution in [1.82, 2.24) is 24.7 Å². The molecule has 1 fully saturated rings. The van der Waals surface area contributed by atoms with E-state index in [0.29, 0.717) is 17.4 Å². The zero-order valence-corrected chi connectivity index (χ0v) is 22.0. The first kappa shape index (κ1) is 25.4. The summed E-state index contributed by atoms with van der Waals surface area (Å²) in [4.78, 5) is 25.3. The lowest BCUT2D eigenvalue weighted by atomic mass is 10.1. The summed E-state index contributed by atoms with van der Waals surface area (Å²) in [5, 5.41) is 8.75. The van der Waals surface area contributed by atoms with Gasteiger partial charge in [0.05, 0.1) is 24.2 Å². The van der Waals surface area contributed by atoms with Gasteiger partial charge in [-0.25, -0.2) is 19.4 Å². The van der Waals surface area contributed by atoms with Crippen LogP contribution in [0.5, 0.6) is 5.75 Å². The second kappa shape index (κ2) is 11.5. The van der Waals surface area contributed by atoms with Crippen LogP contribution in [-0.4, -0.2) is 51.0 Å². The molecule has 1 saturated heterocycles. The average molecular weight is 537 g/mol. The zero-order valence-electron chi connectivity index (χ0n) is 22.0. The molecule has 10 nitrogen and oxygen atoms in total. The van der Waals surface area contributed by atoms with Gasteiger partial charge >= 0.3 is 5.97 Å². The quantitative estimate of drug-likeness (QED) is 0.255. The lowest BCUT2D eigenvalue weighted by Crippen LogP contribution is -2.18. The van der Waals surface area contributed by atoms with E-state index >= 15 is 0 Å². The monoisotopic (exact) mass is 536 g/mol. The Balaban J connectivity index is 1.24. The molecular weight excluding hydrogens is 508 g/mol. The molecule has 10 heteroatoms. The number of rotatable bonds is 8. The minimum absolute atomic E-state index is 0.0115. The Hall–Kier alpha value is -4.83. The third kappa shape index (κ3) is 5.62. The van der Waals surface area contributed by atoms with Crippen LogP contribution in [0.2, 0.25) is 0 Å². The summed E-state index contributed by atoms with van der Waals surface area (Å²) in [5.41, 5.74) is 4.47. The van der Waals surface area contributed by atoms with Crippen molar-refractivity contribution in [2.75, 3.05) is 25.6 Å². The molecule has 6 rings (SSSR count). The number of aromatic nitrogens is 5. The topological polar surface area (TPSA) is 113 Å². The van der Waals surface area contributed by atoms with Gasteiger partial charge in [0.2, 0.25) is 0 Å². The lowest BCUT2D eigenvalue weighted by molar-refractivity contribution is -0.142. The molecule has 0 radical (unpaired) electrons. The molecule has 1 unspecified atom stereocenters. The summed E-state index contributed by atoms with van der Waals surface area (Å²) in [6.45, 7) is 0.603. The number of methoxy groups -OCH3 is 1. The number of nitrogens with one attached hydrogen (secondary N) is 1. The number of carbonyl (C=O) groups is 1. The molecule has 0 saturated carbocycles. The number of nitrogens with zero attached hydrogens (tertiary/aromatic N) is 5. The molecule has 0 amide bonds. The van der Waals surface area contributed by atoms with Crippen LogP contribution >= 0.6 is 0 Å². The van der Waals surface area contributed by atoms with Crippen molar-refractivity contribution in [1.29, 1.82) is 0 Å². The van der Waals surface area contributed by atoms with Gasteiger partial charge in [0.25, 0.3) is 0 Å². The summed E-state index contributed by atoms with van der Waals surface area (Å²) in [7, 11) is 1.32. The van der Waals surface area contributed by atoms with Crippen LogP contribution < -0.4 is 10.1 Å². The normalized spacial score (nSPS) is 15.1. The van der Waals surface area contributed by atoms with Crippen molar-refractivity contribution < 1.29 is 19.0 Å². The molecule has 3 aromatic heterocycles. The molecule has 4 heterocycles. The number of fused-ring (bicyclic) bond motifs is 1. The van der Waals surface area contributed by atoms with Crippen molar-refractivity contribution in [3.05, 3.63) is 79.4 Å². The van der Waals surface area contributed by atoms with Crippen molar-refractivity contribution in [2.24, 2.45) is 0 Å². The number of benzene rings is 2. The Kier molecular flexibility index (Phi) is 7.32. The predicted molar refractivity (Wildman–Crippen MR) is 150 cm³/mol. The number of hydrogen-bond acceptors (Lipinski definition) is 9. The molecule has 5 aromatic rings. The molecule has 0 bridgehead atoms. The Morgan fingerprint density at radius 2 is 1.95 bits per heavy atom. The van der Waals surface area contributed by atoms with Gasteiger partial charge in [-0.2, -0.15) is 5.10 Å². The maximum atomic E-state index is 11.5. The lowest BCUT2D eigenvalue weighted by Gasteiger charge is -2.22. The van der Waals surface area contributed by atoms with E-state index < -0.39 is 5.97 Å². The number of pyridine rings is 1. The van der Waals surface area contributed by atoms with Crippen LogP contribution in [0.3, 0.4) is 0 Å². The highest BCUT2D eigenvalue weighted by Crippen LogP contribution is 2.30. The third-order valence-corrected chi connectivity index (χ3v) is 6.71.